The Hall–Kier alpha value is -1.32. The van der Waals surface area contributed by atoms with Gasteiger partial charge in [0, 0.05) is 0 Å². The molecule has 1 aliphatic rings. The van der Waals surface area contributed by atoms with E-state index in [0.29, 0.717) is 6.42 Å². The molecule has 4 nitrogen and oxygen atoms in total. The van der Waals surface area contributed by atoms with Crippen LogP contribution in [-0.2, 0) is 19.1 Å². The normalized spacial score (nSPS) is 17.8. The number of hydrogen-bond donors (Lipinski definition) is 0. The average Bonchev–Trinajstić information content (AvgIpc) is 2.01. The van der Waals surface area contributed by atoms with Crippen molar-refractivity contribution >= 4 is 11.9 Å². The van der Waals surface area contributed by atoms with E-state index in [1.165, 1.54) is 20.3 Å². The van der Waals surface area contributed by atoms with Gasteiger partial charge in [-0.2, -0.15) is 0 Å². The molecule has 0 bridgehead atoms. The van der Waals surface area contributed by atoms with Gasteiger partial charge in [0.05, 0.1) is 14.2 Å². The molecule has 0 saturated carbocycles. The fourth-order valence-electron chi connectivity index (χ4n) is 1.10. The van der Waals surface area contributed by atoms with E-state index < -0.39 is 17.4 Å². The first-order chi connectivity index (χ1) is 5.67. The van der Waals surface area contributed by atoms with Gasteiger partial charge < -0.3 is 9.47 Å². The second-order valence-electron chi connectivity index (χ2n) is 2.56. The highest BCUT2D eigenvalue weighted by atomic mass is 16.5. The maximum atomic E-state index is 11.1. The molecular weight excluding hydrogens is 160 g/mol. The summed E-state index contributed by atoms with van der Waals surface area (Å²) < 4.78 is 8.98. The lowest BCUT2D eigenvalue weighted by Gasteiger charge is -2.28. The molecule has 0 fully saturated rings. The van der Waals surface area contributed by atoms with E-state index in [2.05, 4.69) is 9.47 Å². The zero-order valence-corrected chi connectivity index (χ0v) is 6.99. The van der Waals surface area contributed by atoms with Crippen molar-refractivity contribution < 1.29 is 19.1 Å². The molecule has 0 unspecified atom stereocenters. The van der Waals surface area contributed by atoms with Gasteiger partial charge in [0.25, 0.3) is 0 Å². The van der Waals surface area contributed by atoms with Crippen molar-refractivity contribution in [3.8, 4) is 0 Å². The van der Waals surface area contributed by atoms with E-state index in [-0.39, 0.29) is 0 Å². The Labute approximate surface area is 70.1 Å². The summed E-state index contributed by atoms with van der Waals surface area (Å²) in [6.07, 6.45) is 3.60. The minimum Gasteiger partial charge on any atom is -0.468 e. The Bertz CT molecular complexity index is 225. The summed E-state index contributed by atoms with van der Waals surface area (Å²) in [6.45, 7) is 0. The number of hydrogen-bond acceptors (Lipinski definition) is 4. The van der Waals surface area contributed by atoms with Crippen LogP contribution in [0.4, 0.5) is 0 Å². The summed E-state index contributed by atoms with van der Waals surface area (Å²) in [6, 6.07) is 0. The van der Waals surface area contributed by atoms with E-state index in [0.717, 1.165) is 0 Å². The molecule has 0 aliphatic heterocycles. The minimum absolute atomic E-state index is 0.367. The van der Waals surface area contributed by atoms with Crippen LogP contribution in [0.5, 0.6) is 0 Å². The fourth-order valence-corrected chi connectivity index (χ4v) is 1.10. The van der Waals surface area contributed by atoms with Crippen molar-refractivity contribution in [3.63, 3.8) is 0 Å². The van der Waals surface area contributed by atoms with Crippen molar-refractivity contribution in [1.82, 2.24) is 0 Å². The smallest absolute Gasteiger partial charge is 0.327 e. The van der Waals surface area contributed by atoms with Crippen molar-refractivity contribution in [3.05, 3.63) is 12.2 Å². The summed E-state index contributed by atoms with van der Waals surface area (Å²) in [5.74, 6) is -1.12. The molecule has 1 aliphatic carbocycles. The predicted molar refractivity (Wildman–Crippen MR) is 40.2 cm³/mol. The van der Waals surface area contributed by atoms with Gasteiger partial charge in [-0.15, -0.1) is 0 Å². The van der Waals surface area contributed by atoms with Gasteiger partial charge in [-0.25, -0.2) is 0 Å². The SMILES string of the molecule is COC(=O)C1(C(=O)OC)C=CC1. The average molecular weight is 170 g/mol. The van der Waals surface area contributed by atoms with Gasteiger partial charge in [-0.1, -0.05) is 12.2 Å². The van der Waals surface area contributed by atoms with Gasteiger partial charge in [0.15, 0.2) is 5.41 Å². The summed E-state index contributed by atoms with van der Waals surface area (Å²) in [7, 11) is 2.50. The number of ether oxygens (including phenoxy) is 2. The Kier molecular flexibility index (Phi) is 2.17. The van der Waals surface area contributed by atoms with E-state index in [9.17, 15) is 9.59 Å². The van der Waals surface area contributed by atoms with Gasteiger partial charge in [-0.3, -0.25) is 9.59 Å². The van der Waals surface area contributed by atoms with Crippen LogP contribution < -0.4 is 0 Å². The Morgan fingerprint density at radius 3 is 1.83 bits per heavy atom. The Morgan fingerprint density at radius 2 is 1.67 bits per heavy atom. The van der Waals surface area contributed by atoms with Crippen molar-refractivity contribution in [2.45, 2.75) is 6.42 Å². The van der Waals surface area contributed by atoms with Crippen LogP contribution in [-0.4, -0.2) is 26.2 Å². The maximum Gasteiger partial charge on any atom is 0.327 e. The molecule has 0 amide bonds. The molecule has 0 spiro atoms. The third-order valence-electron chi connectivity index (χ3n) is 1.94. The summed E-state index contributed by atoms with van der Waals surface area (Å²) in [4.78, 5) is 22.3. The van der Waals surface area contributed by atoms with Crippen molar-refractivity contribution in [2.75, 3.05) is 14.2 Å². The van der Waals surface area contributed by atoms with Crippen molar-refractivity contribution in [1.29, 1.82) is 0 Å². The first kappa shape index (κ1) is 8.77. The molecule has 4 heteroatoms. The molecule has 0 aromatic heterocycles. The van der Waals surface area contributed by atoms with Gasteiger partial charge >= 0.3 is 11.9 Å². The number of esters is 2. The van der Waals surface area contributed by atoms with Crippen LogP contribution in [0.1, 0.15) is 6.42 Å². The second-order valence-corrected chi connectivity index (χ2v) is 2.56. The first-order valence-corrected chi connectivity index (χ1v) is 3.52. The third kappa shape index (κ3) is 0.995. The first-order valence-electron chi connectivity index (χ1n) is 3.52. The Morgan fingerprint density at radius 1 is 1.25 bits per heavy atom. The largest absolute Gasteiger partial charge is 0.468 e. The van der Waals surface area contributed by atoms with Crippen LogP contribution in [0.3, 0.4) is 0 Å². The zero-order valence-electron chi connectivity index (χ0n) is 6.99. The quantitative estimate of drug-likeness (QED) is 0.339. The zero-order chi connectivity index (χ0) is 9.19. The molecule has 12 heavy (non-hydrogen) atoms. The van der Waals surface area contributed by atoms with Crippen LogP contribution >= 0.6 is 0 Å². The standard InChI is InChI=1S/C8H10O4/c1-11-6(9)8(4-3-5-8)7(10)12-2/h3-4H,5H2,1-2H3. The van der Waals surface area contributed by atoms with Crippen LogP contribution in [0.15, 0.2) is 12.2 Å². The highest BCUT2D eigenvalue weighted by molar-refractivity contribution is 6.03. The molecule has 0 N–H and O–H groups in total. The fraction of sp³-hybridized carbons (Fsp3) is 0.500. The highest BCUT2D eigenvalue weighted by Gasteiger charge is 2.49. The molecule has 66 valence electrons. The molecular formula is C8H10O4. The second kappa shape index (κ2) is 2.97. The highest BCUT2D eigenvalue weighted by Crippen LogP contribution is 2.35. The van der Waals surface area contributed by atoms with Crippen LogP contribution in [0.2, 0.25) is 0 Å². The molecule has 0 saturated heterocycles. The minimum atomic E-state index is -1.16. The predicted octanol–water partition coefficient (Wildman–Crippen LogP) is 0.279. The molecule has 0 radical (unpaired) electrons. The molecule has 0 aromatic rings. The lowest BCUT2D eigenvalue weighted by Crippen LogP contribution is -2.42. The summed E-state index contributed by atoms with van der Waals surface area (Å²) in [5.41, 5.74) is -1.16. The number of allylic oxidation sites excluding steroid dienone is 1. The summed E-state index contributed by atoms with van der Waals surface area (Å²) in [5, 5.41) is 0. The van der Waals surface area contributed by atoms with Gasteiger partial charge in [-0.05, 0) is 6.42 Å². The monoisotopic (exact) mass is 170 g/mol. The van der Waals surface area contributed by atoms with Crippen LogP contribution in [0.25, 0.3) is 0 Å². The van der Waals surface area contributed by atoms with Crippen molar-refractivity contribution in [2.24, 2.45) is 5.41 Å². The number of carbonyl (C=O) groups is 2. The molecule has 0 aromatic carbocycles. The lowest BCUT2D eigenvalue weighted by molar-refractivity contribution is -0.166. The third-order valence-corrected chi connectivity index (χ3v) is 1.94. The molecule has 0 heterocycles. The Balaban J connectivity index is 2.84. The van der Waals surface area contributed by atoms with E-state index >= 15 is 0 Å². The number of methoxy groups -OCH3 is 2. The lowest BCUT2D eigenvalue weighted by atomic mass is 9.76. The summed E-state index contributed by atoms with van der Waals surface area (Å²) >= 11 is 0. The van der Waals surface area contributed by atoms with E-state index in [1.807, 2.05) is 0 Å². The molecule has 0 atom stereocenters. The van der Waals surface area contributed by atoms with E-state index in [1.54, 1.807) is 6.08 Å². The maximum absolute atomic E-state index is 11.1. The topological polar surface area (TPSA) is 52.6 Å². The number of rotatable bonds is 2. The number of carbonyl (C=O) groups excluding carboxylic acids is 2. The van der Waals surface area contributed by atoms with E-state index in [4.69, 9.17) is 0 Å². The van der Waals surface area contributed by atoms with Crippen LogP contribution in [0, 0.1) is 5.41 Å². The van der Waals surface area contributed by atoms with Gasteiger partial charge in [0.1, 0.15) is 0 Å². The molecule has 1 rings (SSSR count). The van der Waals surface area contributed by atoms with Gasteiger partial charge in [0.2, 0.25) is 0 Å².